The van der Waals surface area contributed by atoms with Crippen molar-refractivity contribution in [3.8, 4) is 0 Å². The summed E-state index contributed by atoms with van der Waals surface area (Å²) < 4.78 is 13.7. The average molecular weight is 255 g/mol. The number of carbonyl (C=O) groups is 1. The van der Waals surface area contributed by atoms with E-state index in [4.69, 9.17) is 10.6 Å². The lowest BCUT2D eigenvalue weighted by atomic mass is 10.0. The number of hydrogen-bond donors (Lipinski definition) is 3. The maximum atomic E-state index is 13.7. The third-order valence-corrected chi connectivity index (χ3v) is 2.27. The molecule has 18 heavy (non-hydrogen) atoms. The SMILES string of the molecule is [N-]=[N+]=NCC(O)C(O)c1cccc(C(=O)O)c1F. The van der Waals surface area contributed by atoms with Crippen LogP contribution in [0.15, 0.2) is 23.3 Å². The van der Waals surface area contributed by atoms with Gasteiger partial charge in [-0.1, -0.05) is 17.2 Å². The molecule has 0 spiro atoms. The highest BCUT2D eigenvalue weighted by atomic mass is 19.1. The van der Waals surface area contributed by atoms with Crippen molar-refractivity contribution < 1.29 is 24.5 Å². The molecule has 0 aromatic heterocycles. The Hall–Kier alpha value is -2.15. The molecule has 0 saturated carbocycles. The zero-order chi connectivity index (χ0) is 13.7. The minimum absolute atomic E-state index is 0.365. The van der Waals surface area contributed by atoms with E-state index in [0.717, 1.165) is 12.1 Å². The lowest BCUT2D eigenvalue weighted by Gasteiger charge is -2.17. The monoisotopic (exact) mass is 255 g/mol. The highest BCUT2D eigenvalue weighted by Crippen LogP contribution is 2.23. The van der Waals surface area contributed by atoms with Crippen LogP contribution in [0.4, 0.5) is 4.39 Å². The van der Waals surface area contributed by atoms with E-state index in [1.54, 1.807) is 0 Å². The largest absolute Gasteiger partial charge is 0.478 e. The van der Waals surface area contributed by atoms with Gasteiger partial charge in [0.05, 0.1) is 18.2 Å². The van der Waals surface area contributed by atoms with E-state index in [1.165, 1.54) is 6.07 Å². The fourth-order valence-corrected chi connectivity index (χ4v) is 1.37. The number of benzene rings is 1. The third-order valence-electron chi connectivity index (χ3n) is 2.27. The fraction of sp³-hybridized carbons (Fsp3) is 0.300. The Morgan fingerprint density at radius 2 is 2.17 bits per heavy atom. The second-order valence-electron chi connectivity index (χ2n) is 3.44. The van der Waals surface area contributed by atoms with Crippen LogP contribution in [-0.4, -0.2) is 33.9 Å². The van der Waals surface area contributed by atoms with Crippen LogP contribution in [0.3, 0.4) is 0 Å². The summed E-state index contributed by atoms with van der Waals surface area (Å²) in [5.41, 5.74) is 7.08. The number of aromatic carboxylic acids is 1. The van der Waals surface area contributed by atoms with E-state index < -0.39 is 36.1 Å². The van der Waals surface area contributed by atoms with Crippen LogP contribution in [0.25, 0.3) is 10.4 Å². The van der Waals surface area contributed by atoms with Crippen molar-refractivity contribution in [2.75, 3.05) is 6.54 Å². The molecular formula is C10H10FN3O4. The second kappa shape index (κ2) is 5.97. The minimum atomic E-state index is -1.67. The van der Waals surface area contributed by atoms with Crippen LogP contribution >= 0.6 is 0 Å². The summed E-state index contributed by atoms with van der Waals surface area (Å²) in [6.45, 7) is -0.450. The first kappa shape index (κ1) is 13.9. The highest BCUT2D eigenvalue weighted by Gasteiger charge is 2.24. The lowest BCUT2D eigenvalue weighted by molar-refractivity contribution is 0.0220. The van der Waals surface area contributed by atoms with Gasteiger partial charge >= 0.3 is 5.97 Å². The van der Waals surface area contributed by atoms with Crippen LogP contribution in [0.5, 0.6) is 0 Å². The maximum Gasteiger partial charge on any atom is 0.338 e. The van der Waals surface area contributed by atoms with Gasteiger partial charge in [-0.2, -0.15) is 0 Å². The predicted octanol–water partition coefficient (Wildman–Crippen LogP) is 1.23. The molecule has 0 saturated heterocycles. The number of carboxylic acid groups (broad SMARTS) is 1. The van der Waals surface area contributed by atoms with Gasteiger partial charge in [-0.05, 0) is 11.6 Å². The zero-order valence-corrected chi connectivity index (χ0v) is 9.06. The topological polar surface area (TPSA) is 127 Å². The summed E-state index contributed by atoms with van der Waals surface area (Å²) in [5, 5.41) is 30.8. The number of carboxylic acids is 1. The Bertz CT molecular complexity index is 502. The van der Waals surface area contributed by atoms with E-state index in [9.17, 15) is 19.4 Å². The normalized spacial score (nSPS) is 13.5. The van der Waals surface area contributed by atoms with Crippen molar-refractivity contribution in [1.82, 2.24) is 0 Å². The van der Waals surface area contributed by atoms with Crippen LogP contribution in [0.2, 0.25) is 0 Å². The highest BCUT2D eigenvalue weighted by molar-refractivity contribution is 5.88. The average Bonchev–Trinajstić information content (AvgIpc) is 2.35. The molecule has 2 unspecified atom stereocenters. The molecule has 0 fully saturated rings. The number of halogens is 1. The predicted molar refractivity (Wildman–Crippen MR) is 58.3 cm³/mol. The Morgan fingerprint density at radius 1 is 1.50 bits per heavy atom. The van der Waals surface area contributed by atoms with Gasteiger partial charge in [-0.3, -0.25) is 0 Å². The molecule has 7 nitrogen and oxygen atoms in total. The van der Waals surface area contributed by atoms with Gasteiger partial charge in [0.1, 0.15) is 11.9 Å². The summed E-state index contributed by atoms with van der Waals surface area (Å²) in [6.07, 6.45) is -3.19. The Labute approximate surface area is 101 Å². The molecule has 2 atom stereocenters. The summed E-state index contributed by atoms with van der Waals surface area (Å²) in [6, 6.07) is 3.42. The summed E-state index contributed by atoms with van der Waals surface area (Å²) in [4.78, 5) is 13.1. The van der Waals surface area contributed by atoms with Gasteiger partial charge in [-0.25, -0.2) is 9.18 Å². The van der Waals surface area contributed by atoms with Crippen molar-refractivity contribution >= 4 is 5.97 Å². The van der Waals surface area contributed by atoms with Crippen LogP contribution in [0.1, 0.15) is 22.0 Å². The first-order valence-corrected chi connectivity index (χ1v) is 4.87. The Morgan fingerprint density at radius 3 is 2.72 bits per heavy atom. The molecule has 0 radical (unpaired) electrons. The lowest BCUT2D eigenvalue weighted by Crippen LogP contribution is -2.22. The molecule has 0 bridgehead atoms. The first-order chi connectivity index (χ1) is 8.49. The Kier molecular flexibility index (Phi) is 4.61. The second-order valence-corrected chi connectivity index (χ2v) is 3.44. The molecule has 3 N–H and O–H groups in total. The molecule has 0 heterocycles. The number of azide groups is 1. The number of rotatable bonds is 5. The van der Waals surface area contributed by atoms with Gasteiger partial charge in [-0.15, -0.1) is 0 Å². The zero-order valence-electron chi connectivity index (χ0n) is 9.06. The first-order valence-electron chi connectivity index (χ1n) is 4.87. The molecular weight excluding hydrogens is 245 g/mol. The van der Waals surface area contributed by atoms with Gasteiger partial charge in [0.2, 0.25) is 0 Å². The van der Waals surface area contributed by atoms with Crippen molar-refractivity contribution in [1.29, 1.82) is 0 Å². The molecule has 8 heteroatoms. The number of aliphatic hydroxyl groups excluding tert-OH is 2. The molecule has 96 valence electrons. The molecule has 1 aromatic carbocycles. The summed E-state index contributed by atoms with van der Waals surface area (Å²) >= 11 is 0. The smallest absolute Gasteiger partial charge is 0.338 e. The molecule has 1 rings (SSSR count). The fourth-order valence-electron chi connectivity index (χ4n) is 1.37. The van der Waals surface area contributed by atoms with E-state index in [1.807, 2.05) is 0 Å². The van der Waals surface area contributed by atoms with Gasteiger partial charge in [0.25, 0.3) is 0 Å². The van der Waals surface area contributed by atoms with E-state index >= 15 is 0 Å². The van der Waals surface area contributed by atoms with Crippen molar-refractivity contribution in [3.63, 3.8) is 0 Å². The van der Waals surface area contributed by atoms with E-state index in [-0.39, 0.29) is 5.56 Å². The maximum absolute atomic E-state index is 13.7. The number of aliphatic hydroxyl groups is 2. The summed E-state index contributed by atoms with van der Waals surface area (Å²) in [7, 11) is 0. The van der Waals surface area contributed by atoms with Crippen LogP contribution in [0, 0.1) is 5.82 Å². The van der Waals surface area contributed by atoms with Gasteiger partial charge in [0, 0.05) is 10.5 Å². The Balaban J connectivity index is 3.05. The van der Waals surface area contributed by atoms with Crippen molar-refractivity contribution in [2.24, 2.45) is 5.11 Å². The molecule has 0 aliphatic heterocycles. The number of hydrogen-bond acceptors (Lipinski definition) is 4. The van der Waals surface area contributed by atoms with Gasteiger partial charge < -0.3 is 15.3 Å². The van der Waals surface area contributed by atoms with Crippen molar-refractivity contribution in [2.45, 2.75) is 12.2 Å². The quantitative estimate of drug-likeness (QED) is 0.415. The van der Waals surface area contributed by atoms with Crippen LogP contribution in [-0.2, 0) is 0 Å². The molecule has 0 aliphatic rings. The van der Waals surface area contributed by atoms with Gasteiger partial charge in [0.15, 0.2) is 0 Å². The summed E-state index contributed by atoms with van der Waals surface area (Å²) in [5.74, 6) is -2.61. The third kappa shape index (κ3) is 2.95. The molecule has 0 amide bonds. The molecule has 0 aliphatic carbocycles. The van der Waals surface area contributed by atoms with E-state index in [0.29, 0.717) is 0 Å². The van der Waals surface area contributed by atoms with Crippen molar-refractivity contribution in [3.05, 3.63) is 45.6 Å². The molecule has 1 aromatic rings. The minimum Gasteiger partial charge on any atom is -0.478 e. The number of nitrogens with zero attached hydrogens (tertiary/aromatic N) is 3. The van der Waals surface area contributed by atoms with E-state index in [2.05, 4.69) is 10.0 Å². The van der Waals surface area contributed by atoms with Crippen LogP contribution < -0.4 is 0 Å². The standard InChI is InChI=1S/C10H10FN3O4/c11-8-5(2-1-3-6(8)10(17)18)9(16)7(15)4-13-14-12/h1-3,7,9,15-16H,4H2,(H,17,18).